The molecule has 0 saturated carbocycles. The number of aromatic nitrogens is 1. The standard InChI is InChI=1S/C17H23N/c1-9(2)15-8-16-12(5)10(3)11(4)13(6)17(16)18-14(15)7/h8-9H,1-7H3. The van der Waals surface area contributed by atoms with Crippen LogP contribution in [0.5, 0.6) is 0 Å². The Labute approximate surface area is 110 Å². The van der Waals surface area contributed by atoms with E-state index in [4.69, 9.17) is 4.98 Å². The first-order valence-electron chi connectivity index (χ1n) is 6.72. The highest BCUT2D eigenvalue weighted by Gasteiger charge is 2.13. The zero-order chi connectivity index (χ0) is 13.6. The zero-order valence-electron chi connectivity index (χ0n) is 12.6. The Kier molecular flexibility index (Phi) is 3.18. The van der Waals surface area contributed by atoms with Crippen molar-refractivity contribution in [2.45, 2.75) is 54.4 Å². The Hall–Kier alpha value is -1.37. The van der Waals surface area contributed by atoms with Crippen molar-refractivity contribution in [3.63, 3.8) is 0 Å². The zero-order valence-corrected chi connectivity index (χ0v) is 12.6. The van der Waals surface area contributed by atoms with E-state index in [2.05, 4.69) is 54.5 Å². The van der Waals surface area contributed by atoms with Crippen LogP contribution in [0.2, 0.25) is 0 Å². The predicted octanol–water partition coefficient (Wildman–Crippen LogP) is 4.90. The lowest BCUT2D eigenvalue weighted by atomic mass is 9.91. The summed E-state index contributed by atoms with van der Waals surface area (Å²) in [6, 6.07) is 2.34. The Morgan fingerprint density at radius 1 is 0.833 bits per heavy atom. The van der Waals surface area contributed by atoms with E-state index in [0.29, 0.717) is 5.92 Å². The van der Waals surface area contributed by atoms with Gasteiger partial charge in [0, 0.05) is 11.1 Å². The van der Waals surface area contributed by atoms with Gasteiger partial charge >= 0.3 is 0 Å². The van der Waals surface area contributed by atoms with Gasteiger partial charge in [-0.1, -0.05) is 13.8 Å². The summed E-state index contributed by atoms with van der Waals surface area (Å²) in [6.45, 7) is 15.4. The molecule has 0 N–H and O–H groups in total. The van der Waals surface area contributed by atoms with Crippen molar-refractivity contribution >= 4 is 10.9 Å². The van der Waals surface area contributed by atoms with Gasteiger partial charge in [-0.05, 0) is 74.4 Å². The van der Waals surface area contributed by atoms with Gasteiger partial charge in [0.2, 0.25) is 0 Å². The highest BCUT2D eigenvalue weighted by atomic mass is 14.7. The van der Waals surface area contributed by atoms with Gasteiger partial charge in [0.15, 0.2) is 0 Å². The maximum atomic E-state index is 4.86. The summed E-state index contributed by atoms with van der Waals surface area (Å²) in [5, 5.41) is 1.32. The summed E-state index contributed by atoms with van der Waals surface area (Å²) in [7, 11) is 0. The second-order valence-corrected chi connectivity index (χ2v) is 5.71. The number of nitrogens with zero attached hydrogens (tertiary/aromatic N) is 1. The third-order valence-corrected chi connectivity index (χ3v) is 4.32. The Bertz CT molecular complexity index is 622. The highest BCUT2D eigenvalue weighted by Crippen LogP contribution is 2.31. The maximum absolute atomic E-state index is 4.86. The van der Waals surface area contributed by atoms with Gasteiger partial charge in [0.1, 0.15) is 0 Å². The molecule has 0 aliphatic rings. The van der Waals surface area contributed by atoms with Crippen molar-refractivity contribution in [2.75, 3.05) is 0 Å². The van der Waals surface area contributed by atoms with Crippen LogP contribution in [0.1, 0.15) is 53.3 Å². The summed E-state index contributed by atoms with van der Waals surface area (Å²) in [5.41, 5.74) is 9.20. The molecule has 2 rings (SSSR count). The molecule has 1 aromatic carbocycles. The molecule has 1 aromatic heterocycles. The molecule has 0 aliphatic carbocycles. The van der Waals surface area contributed by atoms with Crippen LogP contribution < -0.4 is 0 Å². The lowest BCUT2D eigenvalue weighted by molar-refractivity contribution is 0.847. The van der Waals surface area contributed by atoms with Gasteiger partial charge in [-0.3, -0.25) is 4.98 Å². The minimum atomic E-state index is 0.531. The molecule has 0 atom stereocenters. The number of pyridine rings is 1. The summed E-state index contributed by atoms with van der Waals surface area (Å²) in [5.74, 6) is 0.531. The first kappa shape index (κ1) is 13.1. The van der Waals surface area contributed by atoms with Gasteiger partial charge in [0.25, 0.3) is 0 Å². The molecule has 0 unspecified atom stereocenters. The third kappa shape index (κ3) is 1.82. The fourth-order valence-electron chi connectivity index (χ4n) is 2.72. The quantitative estimate of drug-likeness (QED) is 0.692. The van der Waals surface area contributed by atoms with Gasteiger partial charge < -0.3 is 0 Å². The lowest BCUT2D eigenvalue weighted by Gasteiger charge is -2.17. The van der Waals surface area contributed by atoms with Crippen LogP contribution in [-0.4, -0.2) is 4.98 Å². The fraction of sp³-hybridized carbons (Fsp3) is 0.471. The van der Waals surface area contributed by atoms with E-state index in [1.165, 1.54) is 44.4 Å². The van der Waals surface area contributed by atoms with E-state index >= 15 is 0 Å². The molecule has 0 saturated heterocycles. The summed E-state index contributed by atoms with van der Waals surface area (Å²) < 4.78 is 0. The number of fused-ring (bicyclic) bond motifs is 1. The third-order valence-electron chi connectivity index (χ3n) is 4.32. The van der Waals surface area contributed by atoms with Crippen molar-refractivity contribution < 1.29 is 0 Å². The van der Waals surface area contributed by atoms with Gasteiger partial charge in [-0.25, -0.2) is 0 Å². The molecule has 0 aliphatic heterocycles. The molecule has 0 bridgehead atoms. The summed E-state index contributed by atoms with van der Waals surface area (Å²) in [6.07, 6.45) is 0. The molecule has 1 heteroatoms. The lowest BCUT2D eigenvalue weighted by Crippen LogP contribution is -2.01. The average Bonchev–Trinajstić information content (AvgIpc) is 2.33. The molecule has 1 nitrogen and oxygen atoms in total. The van der Waals surface area contributed by atoms with Gasteiger partial charge in [-0.2, -0.15) is 0 Å². The molecule has 1 heterocycles. The van der Waals surface area contributed by atoms with Crippen LogP contribution in [0.3, 0.4) is 0 Å². The van der Waals surface area contributed by atoms with E-state index in [9.17, 15) is 0 Å². The number of aryl methyl sites for hydroxylation is 3. The van der Waals surface area contributed by atoms with Crippen LogP contribution in [0, 0.1) is 34.6 Å². The summed E-state index contributed by atoms with van der Waals surface area (Å²) >= 11 is 0. The van der Waals surface area contributed by atoms with Crippen LogP contribution in [0.25, 0.3) is 10.9 Å². The number of rotatable bonds is 1. The Morgan fingerprint density at radius 2 is 1.39 bits per heavy atom. The van der Waals surface area contributed by atoms with E-state index in [1.54, 1.807) is 0 Å². The molecular weight excluding hydrogens is 218 g/mol. The SMILES string of the molecule is Cc1nc2c(C)c(C)c(C)c(C)c2cc1C(C)C. The second-order valence-electron chi connectivity index (χ2n) is 5.71. The molecular formula is C17H23N. The largest absolute Gasteiger partial charge is 0.253 e. The van der Waals surface area contributed by atoms with Crippen LogP contribution in [0.4, 0.5) is 0 Å². The van der Waals surface area contributed by atoms with Crippen molar-refractivity contribution in [2.24, 2.45) is 0 Å². The first-order chi connectivity index (χ1) is 8.34. The van der Waals surface area contributed by atoms with Gasteiger partial charge in [-0.15, -0.1) is 0 Å². The van der Waals surface area contributed by atoms with E-state index < -0.39 is 0 Å². The normalized spacial score (nSPS) is 11.6. The van der Waals surface area contributed by atoms with Gasteiger partial charge in [0.05, 0.1) is 5.52 Å². The van der Waals surface area contributed by atoms with Crippen LogP contribution in [0.15, 0.2) is 6.07 Å². The fourth-order valence-corrected chi connectivity index (χ4v) is 2.72. The minimum absolute atomic E-state index is 0.531. The maximum Gasteiger partial charge on any atom is 0.0740 e. The van der Waals surface area contributed by atoms with Crippen molar-refractivity contribution in [1.82, 2.24) is 4.98 Å². The molecule has 0 spiro atoms. The Morgan fingerprint density at radius 3 is 1.94 bits per heavy atom. The topological polar surface area (TPSA) is 12.9 Å². The van der Waals surface area contributed by atoms with Crippen molar-refractivity contribution in [3.8, 4) is 0 Å². The predicted molar refractivity (Wildman–Crippen MR) is 79.5 cm³/mol. The minimum Gasteiger partial charge on any atom is -0.253 e. The first-order valence-corrected chi connectivity index (χ1v) is 6.72. The molecule has 96 valence electrons. The molecule has 0 amide bonds. The monoisotopic (exact) mass is 241 g/mol. The molecule has 18 heavy (non-hydrogen) atoms. The molecule has 2 aromatic rings. The average molecular weight is 241 g/mol. The Balaban J connectivity index is 2.94. The smallest absolute Gasteiger partial charge is 0.0740 e. The number of hydrogen-bond donors (Lipinski definition) is 0. The highest BCUT2D eigenvalue weighted by molar-refractivity contribution is 5.88. The van der Waals surface area contributed by atoms with Crippen molar-refractivity contribution in [3.05, 3.63) is 39.6 Å². The van der Waals surface area contributed by atoms with Crippen LogP contribution >= 0.6 is 0 Å². The molecule has 0 fully saturated rings. The van der Waals surface area contributed by atoms with E-state index in [0.717, 1.165) is 0 Å². The van der Waals surface area contributed by atoms with Crippen LogP contribution in [-0.2, 0) is 0 Å². The van der Waals surface area contributed by atoms with Crippen molar-refractivity contribution in [1.29, 1.82) is 0 Å². The summed E-state index contributed by atoms with van der Waals surface area (Å²) in [4.78, 5) is 4.86. The van der Waals surface area contributed by atoms with E-state index in [1.807, 2.05) is 0 Å². The number of benzene rings is 1. The molecule has 0 radical (unpaired) electrons. The van der Waals surface area contributed by atoms with E-state index in [-0.39, 0.29) is 0 Å². The number of hydrogen-bond acceptors (Lipinski definition) is 1. The second kappa shape index (κ2) is 4.38.